The van der Waals surface area contributed by atoms with E-state index in [9.17, 15) is 18.8 Å². The van der Waals surface area contributed by atoms with Crippen molar-refractivity contribution < 1.29 is 28.2 Å². The van der Waals surface area contributed by atoms with Crippen LogP contribution in [-0.2, 0) is 20.8 Å². The molecule has 0 saturated heterocycles. The first-order valence-electron chi connectivity index (χ1n) is 8.30. The highest BCUT2D eigenvalue weighted by Crippen LogP contribution is 2.34. The van der Waals surface area contributed by atoms with Crippen molar-refractivity contribution in [1.29, 1.82) is 0 Å². The van der Waals surface area contributed by atoms with Gasteiger partial charge in [0, 0.05) is 12.1 Å². The molecule has 2 rings (SSSR count). The number of nitrogens with zero attached hydrogens (tertiary/aromatic N) is 1. The molecule has 1 heterocycles. The zero-order valence-corrected chi connectivity index (χ0v) is 16.8. The van der Waals surface area contributed by atoms with E-state index in [-0.39, 0.29) is 34.3 Å². The monoisotopic (exact) mass is 408 g/mol. The lowest BCUT2D eigenvalue weighted by molar-refractivity contribution is -0.117. The number of ether oxygens (including phenoxy) is 2. The van der Waals surface area contributed by atoms with Gasteiger partial charge in [-0.3, -0.25) is 9.69 Å². The van der Waals surface area contributed by atoms with Gasteiger partial charge in [0.25, 0.3) is 0 Å². The van der Waals surface area contributed by atoms with Crippen molar-refractivity contribution in [3.63, 3.8) is 0 Å². The van der Waals surface area contributed by atoms with Crippen LogP contribution < -0.4 is 5.32 Å². The number of methoxy groups -OCH3 is 2. The molecular formula is C19H21FN2O5S. The lowest BCUT2D eigenvalue weighted by atomic mass is 10.1. The standard InChI is InChI=1S/C19H21FN2O5S/c1-11-15(18(24)26-3)17(28-16(11)19(25)27-4)21-14(23)10-22(2)9-12-7-5-6-8-13(12)20/h5-8H,9-10H2,1-4H3,(H,21,23). The van der Waals surface area contributed by atoms with E-state index in [0.717, 1.165) is 11.3 Å². The summed E-state index contributed by atoms with van der Waals surface area (Å²) >= 11 is 0.939. The summed E-state index contributed by atoms with van der Waals surface area (Å²) < 4.78 is 23.2. The topological polar surface area (TPSA) is 84.9 Å². The van der Waals surface area contributed by atoms with Crippen LogP contribution in [0.1, 0.15) is 31.2 Å². The minimum absolute atomic E-state index is 0.0422. The summed E-state index contributed by atoms with van der Waals surface area (Å²) in [5.41, 5.74) is 0.949. The Morgan fingerprint density at radius 3 is 2.39 bits per heavy atom. The molecule has 0 bridgehead atoms. The van der Waals surface area contributed by atoms with Crippen molar-refractivity contribution >= 4 is 34.2 Å². The third-order valence-electron chi connectivity index (χ3n) is 3.97. The van der Waals surface area contributed by atoms with Gasteiger partial charge in [-0.15, -0.1) is 11.3 Å². The second kappa shape index (κ2) is 9.43. The smallest absolute Gasteiger partial charge is 0.348 e. The third-order valence-corrected chi connectivity index (χ3v) is 5.16. The van der Waals surface area contributed by atoms with Crippen LogP contribution in [0.4, 0.5) is 9.39 Å². The number of hydrogen-bond acceptors (Lipinski definition) is 7. The number of halogens is 1. The molecule has 0 radical (unpaired) electrons. The molecule has 1 amide bonds. The molecule has 1 aromatic carbocycles. The maximum Gasteiger partial charge on any atom is 0.348 e. The first-order valence-corrected chi connectivity index (χ1v) is 9.11. The molecule has 1 N–H and O–H groups in total. The number of hydrogen-bond donors (Lipinski definition) is 1. The molecule has 1 aromatic heterocycles. The molecule has 0 aliphatic heterocycles. The van der Waals surface area contributed by atoms with E-state index in [4.69, 9.17) is 9.47 Å². The maximum atomic E-state index is 13.8. The quantitative estimate of drug-likeness (QED) is 0.709. The van der Waals surface area contributed by atoms with Crippen molar-refractivity contribution in [2.45, 2.75) is 13.5 Å². The SMILES string of the molecule is COC(=O)c1sc(NC(=O)CN(C)Cc2ccccc2F)c(C(=O)OC)c1C. The van der Waals surface area contributed by atoms with Crippen molar-refractivity contribution in [3.05, 3.63) is 51.7 Å². The highest BCUT2D eigenvalue weighted by Gasteiger charge is 2.26. The molecule has 7 nitrogen and oxygen atoms in total. The molecule has 0 unspecified atom stereocenters. The summed E-state index contributed by atoms with van der Waals surface area (Å²) in [6.45, 7) is 1.77. The van der Waals surface area contributed by atoms with E-state index in [2.05, 4.69) is 5.32 Å². The first kappa shape index (κ1) is 21.5. The second-order valence-electron chi connectivity index (χ2n) is 6.06. The van der Waals surface area contributed by atoms with E-state index in [1.54, 1.807) is 37.1 Å². The van der Waals surface area contributed by atoms with Crippen LogP contribution in [0.25, 0.3) is 0 Å². The number of amides is 1. The van der Waals surface area contributed by atoms with Crippen LogP contribution in [0.15, 0.2) is 24.3 Å². The normalized spacial score (nSPS) is 10.6. The molecule has 0 saturated carbocycles. The zero-order valence-electron chi connectivity index (χ0n) is 16.0. The molecule has 0 fully saturated rings. The van der Waals surface area contributed by atoms with Gasteiger partial charge in [0.05, 0.1) is 26.3 Å². The number of carbonyl (C=O) groups is 3. The number of esters is 2. The lowest BCUT2D eigenvalue weighted by Gasteiger charge is -2.16. The van der Waals surface area contributed by atoms with Gasteiger partial charge in [0.2, 0.25) is 5.91 Å². The summed E-state index contributed by atoms with van der Waals surface area (Å²) in [7, 11) is 4.12. The van der Waals surface area contributed by atoms with Crippen molar-refractivity contribution in [2.75, 3.05) is 33.1 Å². The van der Waals surface area contributed by atoms with Crippen molar-refractivity contribution in [3.8, 4) is 0 Å². The highest BCUT2D eigenvalue weighted by molar-refractivity contribution is 7.18. The molecule has 9 heteroatoms. The molecular weight excluding hydrogens is 387 g/mol. The van der Waals surface area contributed by atoms with Gasteiger partial charge in [-0.2, -0.15) is 0 Å². The highest BCUT2D eigenvalue weighted by atomic mass is 32.1. The van der Waals surface area contributed by atoms with E-state index in [1.165, 1.54) is 20.3 Å². The number of rotatable bonds is 7. The Bertz CT molecular complexity index is 896. The van der Waals surface area contributed by atoms with E-state index < -0.39 is 17.8 Å². The van der Waals surface area contributed by atoms with Crippen LogP contribution >= 0.6 is 11.3 Å². The fourth-order valence-electron chi connectivity index (χ4n) is 2.62. The molecule has 2 aromatic rings. The van der Waals surface area contributed by atoms with Crippen LogP contribution in [0.2, 0.25) is 0 Å². The fourth-order valence-corrected chi connectivity index (χ4v) is 3.75. The first-order chi connectivity index (χ1) is 13.3. The number of likely N-dealkylation sites (N-methyl/N-ethyl adjacent to an activating group) is 1. The Balaban J connectivity index is 2.15. The Kier molecular flexibility index (Phi) is 7.24. The van der Waals surface area contributed by atoms with Gasteiger partial charge in [0.1, 0.15) is 15.7 Å². The van der Waals surface area contributed by atoms with Gasteiger partial charge in [-0.05, 0) is 25.6 Å². The van der Waals surface area contributed by atoms with E-state index in [0.29, 0.717) is 11.1 Å². The Morgan fingerprint density at radius 2 is 1.79 bits per heavy atom. The average molecular weight is 408 g/mol. The van der Waals surface area contributed by atoms with Gasteiger partial charge in [0.15, 0.2) is 0 Å². The Labute approximate surface area is 166 Å². The number of anilines is 1. The third kappa shape index (κ3) is 4.93. The number of nitrogens with one attached hydrogen (secondary N) is 1. The molecule has 0 aliphatic carbocycles. The van der Waals surface area contributed by atoms with E-state index >= 15 is 0 Å². The summed E-state index contributed by atoms with van der Waals surface area (Å²) in [6, 6.07) is 6.31. The molecule has 0 spiro atoms. The number of carbonyl (C=O) groups excluding carboxylic acids is 3. The molecule has 28 heavy (non-hydrogen) atoms. The van der Waals surface area contributed by atoms with Crippen LogP contribution in [-0.4, -0.2) is 50.6 Å². The van der Waals surface area contributed by atoms with Crippen LogP contribution in [0.3, 0.4) is 0 Å². The maximum absolute atomic E-state index is 13.8. The predicted molar refractivity (Wildman–Crippen MR) is 103 cm³/mol. The number of thiophene rings is 1. The molecule has 150 valence electrons. The Morgan fingerprint density at radius 1 is 1.14 bits per heavy atom. The lowest BCUT2D eigenvalue weighted by Crippen LogP contribution is -2.30. The molecule has 0 aliphatic rings. The fraction of sp³-hybridized carbons (Fsp3) is 0.316. The van der Waals surface area contributed by atoms with Crippen molar-refractivity contribution in [1.82, 2.24) is 4.90 Å². The minimum Gasteiger partial charge on any atom is -0.465 e. The van der Waals surface area contributed by atoms with Gasteiger partial charge < -0.3 is 14.8 Å². The summed E-state index contributed by atoms with van der Waals surface area (Å²) in [6.07, 6.45) is 0. The van der Waals surface area contributed by atoms with Crippen molar-refractivity contribution in [2.24, 2.45) is 0 Å². The van der Waals surface area contributed by atoms with Gasteiger partial charge in [-0.1, -0.05) is 18.2 Å². The summed E-state index contributed by atoms with van der Waals surface area (Å²) in [5.74, 6) is -2.04. The van der Waals surface area contributed by atoms with Crippen LogP contribution in [0, 0.1) is 12.7 Å². The minimum atomic E-state index is -0.668. The molecule has 0 atom stereocenters. The summed E-state index contributed by atoms with van der Waals surface area (Å²) in [4.78, 5) is 38.2. The van der Waals surface area contributed by atoms with Gasteiger partial charge in [-0.25, -0.2) is 14.0 Å². The Hall–Kier alpha value is -2.78. The van der Waals surface area contributed by atoms with E-state index in [1.807, 2.05) is 0 Å². The summed E-state index contributed by atoms with van der Waals surface area (Å²) in [5, 5.41) is 2.84. The van der Waals surface area contributed by atoms with Gasteiger partial charge >= 0.3 is 11.9 Å². The van der Waals surface area contributed by atoms with Crippen LogP contribution in [0.5, 0.6) is 0 Å². The average Bonchev–Trinajstić information content (AvgIpc) is 2.98. The predicted octanol–water partition coefficient (Wildman–Crippen LogP) is 2.84. The zero-order chi connectivity index (χ0) is 20.8. The number of benzene rings is 1. The second-order valence-corrected chi connectivity index (χ2v) is 7.08. The largest absolute Gasteiger partial charge is 0.465 e.